The predicted octanol–water partition coefficient (Wildman–Crippen LogP) is 4.21. The van der Waals surface area contributed by atoms with Gasteiger partial charge in [-0.3, -0.25) is 9.48 Å². The molecule has 0 saturated carbocycles. The van der Waals surface area contributed by atoms with Gasteiger partial charge in [0.05, 0.1) is 48.7 Å². The van der Waals surface area contributed by atoms with Crippen molar-refractivity contribution in [2.45, 2.75) is 32.0 Å². The standard InChI is InChI=1S/C31H32N6O3/c1-31(2,39)20-36-18-24(16-32-36)29-33-26-11-9-22(23-10-12-28(38)35(3)17-23)15-25(26)30(34-29)37-13-14-40-19-27(37)21-7-5-4-6-8-21/h4-12,15-18,27,39H,13-14,19-20H2,1-3H3. The molecule has 3 aromatic heterocycles. The average molecular weight is 537 g/mol. The number of aromatic nitrogens is 5. The quantitative estimate of drug-likeness (QED) is 0.347. The zero-order chi connectivity index (χ0) is 27.9. The molecule has 9 nitrogen and oxygen atoms in total. The van der Waals surface area contributed by atoms with E-state index >= 15 is 0 Å². The SMILES string of the molecule is Cn1cc(-c2ccc3nc(-c4cnn(CC(C)(C)O)c4)nc(N4CCOCC4c4ccccc4)c3c2)ccc1=O. The third-order valence-corrected chi connectivity index (χ3v) is 7.12. The molecule has 204 valence electrons. The molecule has 0 aliphatic carbocycles. The minimum atomic E-state index is -0.896. The Morgan fingerprint density at radius 1 is 1.00 bits per heavy atom. The van der Waals surface area contributed by atoms with Gasteiger partial charge in [-0.1, -0.05) is 36.4 Å². The molecule has 5 aromatic rings. The van der Waals surface area contributed by atoms with Gasteiger partial charge in [-0.25, -0.2) is 9.97 Å². The van der Waals surface area contributed by atoms with E-state index in [9.17, 15) is 9.90 Å². The lowest BCUT2D eigenvalue weighted by Gasteiger charge is -2.37. The fraction of sp³-hybridized carbons (Fsp3) is 0.290. The highest BCUT2D eigenvalue weighted by Gasteiger charge is 2.28. The number of ether oxygens (including phenoxy) is 1. The maximum atomic E-state index is 12.0. The second-order valence-electron chi connectivity index (χ2n) is 10.9. The van der Waals surface area contributed by atoms with Gasteiger partial charge in [-0.05, 0) is 48.7 Å². The molecule has 0 bridgehead atoms. The molecule has 0 radical (unpaired) electrons. The van der Waals surface area contributed by atoms with Crippen LogP contribution < -0.4 is 10.5 Å². The number of fused-ring (bicyclic) bond motifs is 1. The first-order valence-corrected chi connectivity index (χ1v) is 13.4. The highest BCUT2D eigenvalue weighted by molar-refractivity contribution is 5.94. The van der Waals surface area contributed by atoms with Crippen LogP contribution in [0, 0.1) is 0 Å². The normalized spacial score (nSPS) is 16.0. The molecule has 2 aromatic carbocycles. The lowest BCUT2D eigenvalue weighted by molar-refractivity contribution is 0.0577. The molecule has 6 rings (SSSR count). The first-order chi connectivity index (χ1) is 19.2. The minimum Gasteiger partial charge on any atom is -0.389 e. The topological polar surface area (TPSA) is 98.3 Å². The minimum absolute atomic E-state index is 0.0139. The second-order valence-corrected chi connectivity index (χ2v) is 10.9. The van der Waals surface area contributed by atoms with Gasteiger partial charge in [-0.15, -0.1) is 0 Å². The van der Waals surface area contributed by atoms with E-state index in [2.05, 4.69) is 28.2 Å². The monoisotopic (exact) mass is 536 g/mol. The second kappa shape index (κ2) is 10.3. The predicted molar refractivity (Wildman–Crippen MR) is 155 cm³/mol. The Bertz CT molecular complexity index is 1720. The summed E-state index contributed by atoms with van der Waals surface area (Å²) in [4.78, 5) is 24.4. The van der Waals surface area contributed by atoms with Crippen LogP contribution in [0.2, 0.25) is 0 Å². The zero-order valence-electron chi connectivity index (χ0n) is 22.9. The van der Waals surface area contributed by atoms with Gasteiger partial charge in [0.25, 0.3) is 0 Å². The van der Waals surface area contributed by atoms with Gasteiger partial charge in [-0.2, -0.15) is 5.10 Å². The molecule has 1 fully saturated rings. The molecule has 40 heavy (non-hydrogen) atoms. The first-order valence-electron chi connectivity index (χ1n) is 13.4. The van der Waals surface area contributed by atoms with Crippen molar-refractivity contribution in [3.05, 3.63) is 95.2 Å². The molecule has 0 amide bonds. The van der Waals surface area contributed by atoms with E-state index in [1.54, 1.807) is 42.4 Å². The molecule has 9 heteroatoms. The van der Waals surface area contributed by atoms with Gasteiger partial charge in [0, 0.05) is 37.4 Å². The molecule has 1 aliphatic rings. The molecule has 4 heterocycles. The lowest BCUT2D eigenvalue weighted by atomic mass is 10.0. The number of aryl methyl sites for hydroxylation is 1. The number of hydrogen-bond donors (Lipinski definition) is 1. The largest absolute Gasteiger partial charge is 0.389 e. The summed E-state index contributed by atoms with van der Waals surface area (Å²) in [5, 5.41) is 15.6. The number of benzene rings is 2. The summed E-state index contributed by atoms with van der Waals surface area (Å²) >= 11 is 0. The molecule has 0 spiro atoms. The van der Waals surface area contributed by atoms with E-state index in [4.69, 9.17) is 14.7 Å². The molecule has 1 saturated heterocycles. The lowest BCUT2D eigenvalue weighted by Crippen LogP contribution is -2.40. The van der Waals surface area contributed by atoms with Crippen LogP contribution >= 0.6 is 0 Å². The van der Waals surface area contributed by atoms with E-state index in [-0.39, 0.29) is 11.6 Å². The number of pyridine rings is 1. The Balaban J connectivity index is 1.52. The van der Waals surface area contributed by atoms with Crippen molar-refractivity contribution in [2.24, 2.45) is 7.05 Å². The van der Waals surface area contributed by atoms with Gasteiger partial charge < -0.3 is 19.3 Å². The Morgan fingerprint density at radius 2 is 1.80 bits per heavy atom. The van der Waals surface area contributed by atoms with Crippen molar-refractivity contribution >= 4 is 16.7 Å². The molecule has 1 atom stereocenters. The van der Waals surface area contributed by atoms with Gasteiger partial charge >= 0.3 is 0 Å². The van der Waals surface area contributed by atoms with Crippen molar-refractivity contribution in [1.82, 2.24) is 24.3 Å². The summed E-state index contributed by atoms with van der Waals surface area (Å²) in [6.45, 7) is 5.68. The maximum Gasteiger partial charge on any atom is 0.250 e. The Morgan fingerprint density at radius 3 is 2.58 bits per heavy atom. The van der Waals surface area contributed by atoms with E-state index in [0.29, 0.717) is 32.1 Å². The summed E-state index contributed by atoms with van der Waals surface area (Å²) in [7, 11) is 1.75. The van der Waals surface area contributed by atoms with Crippen LogP contribution in [0.1, 0.15) is 25.5 Å². The van der Waals surface area contributed by atoms with Crippen LogP contribution in [-0.2, 0) is 18.3 Å². The van der Waals surface area contributed by atoms with Gasteiger partial charge in [0.2, 0.25) is 5.56 Å². The van der Waals surface area contributed by atoms with Gasteiger partial charge in [0.15, 0.2) is 5.82 Å². The summed E-state index contributed by atoms with van der Waals surface area (Å²) in [5.41, 5.74) is 3.70. The average Bonchev–Trinajstić information content (AvgIpc) is 3.41. The number of nitrogens with zero attached hydrogens (tertiary/aromatic N) is 6. The number of anilines is 1. The Labute approximate surface area is 232 Å². The van der Waals surface area contributed by atoms with Crippen molar-refractivity contribution in [3.63, 3.8) is 0 Å². The van der Waals surface area contributed by atoms with E-state index in [0.717, 1.165) is 39.0 Å². The van der Waals surface area contributed by atoms with Crippen LogP contribution in [-0.4, -0.2) is 54.8 Å². The molecular weight excluding hydrogens is 504 g/mol. The highest BCUT2D eigenvalue weighted by Crippen LogP contribution is 2.36. The number of rotatable bonds is 6. The third kappa shape index (κ3) is 5.25. The zero-order valence-corrected chi connectivity index (χ0v) is 22.9. The summed E-state index contributed by atoms with van der Waals surface area (Å²) in [6.07, 6.45) is 5.45. The van der Waals surface area contributed by atoms with Crippen molar-refractivity contribution in [2.75, 3.05) is 24.7 Å². The van der Waals surface area contributed by atoms with E-state index < -0.39 is 5.60 Å². The van der Waals surface area contributed by atoms with Crippen LogP contribution in [0.5, 0.6) is 0 Å². The van der Waals surface area contributed by atoms with Crippen LogP contribution in [0.3, 0.4) is 0 Å². The molecular formula is C31H32N6O3. The summed E-state index contributed by atoms with van der Waals surface area (Å²) < 4.78 is 9.23. The summed E-state index contributed by atoms with van der Waals surface area (Å²) in [5.74, 6) is 1.39. The Hall–Kier alpha value is -4.34. The molecule has 1 aliphatic heterocycles. The van der Waals surface area contributed by atoms with E-state index in [1.807, 2.05) is 48.8 Å². The number of morpholine rings is 1. The van der Waals surface area contributed by atoms with Crippen LogP contribution in [0.15, 0.2) is 84.0 Å². The van der Waals surface area contributed by atoms with Crippen LogP contribution in [0.25, 0.3) is 33.4 Å². The molecule has 1 N–H and O–H groups in total. The van der Waals surface area contributed by atoms with Crippen molar-refractivity contribution in [1.29, 1.82) is 0 Å². The Kier molecular flexibility index (Phi) is 6.69. The first kappa shape index (κ1) is 25.9. The van der Waals surface area contributed by atoms with E-state index in [1.165, 1.54) is 0 Å². The van der Waals surface area contributed by atoms with Gasteiger partial charge in [0.1, 0.15) is 5.82 Å². The number of hydrogen-bond acceptors (Lipinski definition) is 7. The van der Waals surface area contributed by atoms with Crippen molar-refractivity contribution in [3.8, 4) is 22.5 Å². The molecule has 1 unspecified atom stereocenters. The smallest absolute Gasteiger partial charge is 0.250 e. The van der Waals surface area contributed by atoms with Crippen LogP contribution in [0.4, 0.5) is 5.82 Å². The van der Waals surface area contributed by atoms with Crippen molar-refractivity contribution < 1.29 is 9.84 Å². The summed E-state index contributed by atoms with van der Waals surface area (Å²) in [6, 6.07) is 19.9. The fourth-order valence-corrected chi connectivity index (χ4v) is 5.18. The number of aliphatic hydroxyl groups is 1. The third-order valence-electron chi connectivity index (χ3n) is 7.12. The fourth-order valence-electron chi connectivity index (χ4n) is 5.18. The maximum absolute atomic E-state index is 12.0. The highest BCUT2D eigenvalue weighted by atomic mass is 16.5.